The summed E-state index contributed by atoms with van der Waals surface area (Å²) in [5, 5.41) is 0. The van der Waals surface area contributed by atoms with E-state index in [0.717, 1.165) is 18.5 Å². The molecule has 1 aliphatic rings. The molecular formula is C13H14N2O. The zero-order chi connectivity index (χ0) is 11.4. The molecule has 0 unspecified atom stereocenters. The van der Waals surface area contributed by atoms with Crippen LogP contribution in [0.4, 0.5) is 0 Å². The molecular weight excluding hydrogens is 200 g/mol. The van der Waals surface area contributed by atoms with Crippen LogP contribution < -0.4 is 5.73 Å². The lowest BCUT2D eigenvalue weighted by molar-refractivity contribution is -0.124. The van der Waals surface area contributed by atoms with Crippen LogP contribution in [0.25, 0.3) is 0 Å². The Labute approximate surface area is 95.2 Å². The fourth-order valence-corrected chi connectivity index (χ4v) is 1.70. The molecule has 16 heavy (non-hydrogen) atoms. The molecule has 0 spiro atoms. The molecule has 0 radical (unpaired) electrons. The number of carbonyl (C=O) groups excluding carboxylic acids is 1. The second-order valence-corrected chi connectivity index (χ2v) is 3.92. The number of hydrogen-bond donors (Lipinski definition) is 1. The summed E-state index contributed by atoms with van der Waals surface area (Å²) in [5.74, 6) is 5.37. The molecule has 82 valence electrons. The molecule has 1 aromatic carbocycles. The lowest BCUT2D eigenvalue weighted by atomic mass is 10.2. The van der Waals surface area contributed by atoms with Gasteiger partial charge in [-0.15, -0.1) is 0 Å². The van der Waals surface area contributed by atoms with Crippen LogP contribution >= 0.6 is 0 Å². The smallest absolute Gasteiger partial charge is 0.298 e. The Morgan fingerprint density at radius 1 is 1.38 bits per heavy atom. The van der Waals surface area contributed by atoms with Crippen molar-refractivity contribution in [2.24, 2.45) is 5.73 Å². The Kier molecular flexibility index (Phi) is 3.23. The lowest BCUT2D eigenvalue weighted by Crippen LogP contribution is -2.30. The normalized spacial score (nSPS) is 19.1. The van der Waals surface area contributed by atoms with Gasteiger partial charge in [-0.25, -0.2) is 0 Å². The molecule has 3 nitrogen and oxygen atoms in total. The van der Waals surface area contributed by atoms with Gasteiger partial charge in [-0.1, -0.05) is 24.1 Å². The number of nitrogens with two attached hydrogens (primary N) is 1. The Morgan fingerprint density at radius 2 is 2.12 bits per heavy atom. The van der Waals surface area contributed by atoms with Gasteiger partial charge in [0.25, 0.3) is 5.91 Å². The van der Waals surface area contributed by atoms with Crippen LogP contribution in [0.3, 0.4) is 0 Å². The number of benzene rings is 1. The fourth-order valence-electron chi connectivity index (χ4n) is 1.70. The number of likely N-dealkylation sites (tertiary alicyclic amines) is 1. The van der Waals surface area contributed by atoms with E-state index in [1.807, 2.05) is 30.3 Å². The van der Waals surface area contributed by atoms with Crippen LogP contribution in [0.1, 0.15) is 12.0 Å². The molecule has 1 aromatic rings. The summed E-state index contributed by atoms with van der Waals surface area (Å²) in [6.45, 7) is 1.35. The maximum absolute atomic E-state index is 11.7. The van der Waals surface area contributed by atoms with Crippen molar-refractivity contribution in [1.82, 2.24) is 4.90 Å². The molecule has 0 bridgehead atoms. The molecule has 0 aliphatic carbocycles. The van der Waals surface area contributed by atoms with Gasteiger partial charge in [0.15, 0.2) is 0 Å². The van der Waals surface area contributed by atoms with Crippen LogP contribution in [-0.2, 0) is 4.79 Å². The van der Waals surface area contributed by atoms with Crippen molar-refractivity contribution in [3.8, 4) is 11.8 Å². The summed E-state index contributed by atoms with van der Waals surface area (Å²) in [5.41, 5.74) is 6.59. The largest absolute Gasteiger partial charge is 0.330 e. The van der Waals surface area contributed by atoms with Gasteiger partial charge in [-0.3, -0.25) is 4.79 Å². The lowest BCUT2D eigenvalue weighted by Gasteiger charge is -2.10. The molecule has 0 aromatic heterocycles. The predicted molar refractivity (Wildman–Crippen MR) is 62.5 cm³/mol. The Hall–Kier alpha value is -1.79. The van der Waals surface area contributed by atoms with E-state index in [2.05, 4.69) is 11.8 Å². The Bertz CT molecular complexity index is 430. The third kappa shape index (κ3) is 2.62. The maximum atomic E-state index is 11.7. The first-order valence-electron chi connectivity index (χ1n) is 5.37. The number of amides is 1. The van der Waals surface area contributed by atoms with E-state index in [-0.39, 0.29) is 11.9 Å². The third-order valence-electron chi connectivity index (χ3n) is 2.60. The molecule has 1 aliphatic heterocycles. The average Bonchev–Trinajstić information content (AvgIpc) is 2.74. The minimum Gasteiger partial charge on any atom is -0.330 e. The van der Waals surface area contributed by atoms with Gasteiger partial charge < -0.3 is 10.6 Å². The van der Waals surface area contributed by atoms with Crippen LogP contribution in [0.2, 0.25) is 0 Å². The van der Waals surface area contributed by atoms with E-state index >= 15 is 0 Å². The summed E-state index contributed by atoms with van der Waals surface area (Å²) < 4.78 is 0. The molecule has 0 saturated carbocycles. The van der Waals surface area contributed by atoms with E-state index in [4.69, 9.17) is 5.73 Å². The molecule has 3 heteroatoms. The summed E-state index contributed by atoms with van der Waals surface area (Å²) in [6.07, 6.45) is 0.874. The van der Waals surface area contributed by atoms with Gasteiger partial charge in [-0.2, -0.15) is 0 Å². The summed E-state index contributed by atoms with van der Waals surface area (Å²) in [6, 6.07) is 9.61. The molecule has 1 atom stereocenters. The van der Waals surface area contributed by atoms with Gasteiger partial charge >= 0.3 is 0 Å². The molecule has 2 N–H and O–H groups in total. The number of hydrogen-bond acceptors (Lipinski definition) is 2. The minimum atomic E-state index is -0.128. The van der Waals surface area contributed by atoms with Crippen molar-refractivity contribution in [3.63, 3.8) is 0 Å². The van der Waals surface area contributed by atoms with Crippen LogP contribution in [0, 0.1) is 11.8 Å². The average molecular weight is 214 g/mol. The van der Waals surface area contributed by atoms with E-state index < -0.39 is 0 Å². The van der Waals surface area contributed by atoms with Gasteiger partial charge in [0.1, 0.15) is 0 Å². The number of rotatable bonds is 0. The van der Waals surface area contributed by atoms with Crippen molar-refractivity contribution in [1.29, 1.82) is 0 Å². The first-order valence-corrected chi connectivity index (χ1v) is 5.37. The topological polar surface area (TPSA) is 46.3 Å². The van der Waals surface area contributed by atoms with Crippen LogP contribution in [-0.4, -0.2) is 29.9 Å². The SMILES string of the molecule is N[C@H]1CCN(C(=O)C#Cc2ccccc2)C1. The Balaban J connectivity index is 2.00. The highest BCUT2D eigenvalue weighted by Crippen LogP contribution is 2.06. The van der Waals surface area contributed by atoms with E-state index in [0.29, 0.717) is 6.54 Å². The van der Waals surface area contributed by atoms with Crippen molar-refractivity contribution in [2.75, 3.05) is 13.1 Å². The summed E-state index contributed by atoms with van der Waals surface area (Å²) in [4.78, 5) is 13.4. The summed E-state index contributed by atoms with van der Waals surface area (Å²) >= 11 is 0. The number of carbonyl (C=O) groups is 1. The van der Waals surface area contributed by atoms with E-state index in [9.17, 15) is 4.79 Å². The third-order valence-corrected chi connectivity index (χ3v) is 2.60. The second-order valence-electron chi connectivity index (χ2n) is 3.92. The first-order chi connectivity index (χ1) is 7.75. The zero-order valence-corrected chi connectivity index (χ0v) is 9.02. The van der Waals surface area contributed by atoms with Gasteiger partial charge in [0.2, 0.25) is 0 Å². The fraction of sp³-hybridized carbons (Fsp3) is 0.308. The summed E-state index contributed by atoms with van der Waals surface area (Å²) in [7, 11) is 0. The molecule has 1 saturated heterocycles. The second kappa shape index (κ2) is 4.82. The Morgan fingerprint density at radius 3 is 2.75 bits per heavy atom. The zero-order valence-electron chi connectivity index (χ0n) is 9.02. The van der Waals surface area contributed by atoms with Gasteiger partial charge in [0.05, 0.1) is 0 Å². The number of nitrogens with zero attached hydrogens (tertiary/aromatic N) is 1. The monoisotopic (exact) mass is 214 g/mol. The highest BCUT2D eigenvalue weighted by molar-refractivity contribution is 5.94. The minimum absolute atomic E-state index is 0.113. The molecule has 1 amide bonds. The van der Waals surface area contributed by atoms with Crippen LogP contribution in [0.15, 0.2) is 30.3 Å². The quantitative estimate of drug-likeness (QED) is 0.643. The van der Waals surface area contributed by atoms with Crippen molar-refractivity contribution >= 4 is 5.91 Å². The van der Waals surface area contributed by atoms with Gasteiger partial charge in [0, 0.05) is 30.6 Å². The molecule has 1 fully saturated rings. The van der Waals surface area contributed by atoms with Crippen molar-refractivity contribution in [3.05, 3.63) is 35.9 Å². The van der Waals surface area contributed by atoms with E-state index in [1.165, 1.54) is 0 Å². The highest BCUT2D eigenvalue weighted by atomic mass is 16.2. The van der Waals surface area contributed by atoms with E-state index in [1.54, 1.807) is 4.90 Å². The predicted octanol–water partition coefficient (Wildman–Crippen LogP) is 0.598. The molecule has 1 heterocycles. The highest BCUT2D eigenvalue weighted by Gasteiger charge is 2.21. The molecule has 2 rings (SSSR count). The standard InChI is InChI=1S/C13H14N2O/c14-12-8-9-15(10-12)13(16)7-6-11-4-2-1-3-5-11/h1-5,12H,8-10,14H2/t12-/m0/s1. The first kappa shape index (κ1) is 10.7. The van der Waals surface area contributed by atoms with Crippen LogP contribution in [0.5, 0.6) is 0 Å². The van der Waals surface area contributed by atoms with Crippen molar-refractivity contribution < 1.29 is 4.79 Å². The van der Waals surface area contributed by atoms with Crippen molar-refractivity contribution in [2.45, 2.75) is 12.5 Å². The maximum Gasteiger partial charge on any atom is 0.298 e. The van der Waals surface area contributed by atoms with Gasteiger partial charge in [-0.05, 0) is 18.6 Å².